The minimum atomic E-state index is -4.45. The van der Waals surface area contributed by atoms with E-state index in [9.17, 15) is 22.8 Å². The molecule has 0 aliphatic heterocycles. The lowest BCUT2D eigenvalue weighted by Crippen LogP contribution is -2.28. The summed E-state index contributed by atoms with van der Waals surface area (Å²) in [6.45, 7) is 5.99. The van der Waals surface area contributed by atoms with Crippen LogP contribution in [-0.2, 0) is 22.3 Å². The number of carboxylic acids is 1. The van der Waals surface area contributed by atoms with Crippen molar-refractivity contribution in [1.29, 1.82) is 0 Å². The fourth-order valence-electron chi connectivity index (χ4n) is 4.47. The summed E-state index contributed by atoms with van der Waals surface area (Å²) in [6.07, 6.45) is 5.78. The third-order valence-corrected chi connectivity index (χ3v) is 7.17. The van der Waals surface area contributed by atoms with Crippen LogP contribution in [0.2, 0.25) is 10.3 Å². The van der Waals surface area contributed by atoms with Crippen molar-refractivity contribution in [3.8, 4) is 22.8 Å². The fourth-order valence-corrected chi connectivity index (χ4v) is 4.79. The standard InChI is InChI=1S/C17H16ClN7O.C13H10F3N3O2.C5H6ClN3/c1-11-5-12(2)7-13(6-11)17-21-10-25(24-17)4-3-16(26)23-22-15-8-14(18)19-9-20-15;1-8-4-9(6-10(5-8)13(14,15)16)12-17-7-19(18-12)3-2-11(20)21;6-5-1-4(2-7)8-3-9-5/h3-10H,1-2H3,(H,23,26)(H,19,20,22);2-7H,1H3,(H,20,21);1,3H,2,7H2/b4-3-;3-2-;. The molecule has 56 heavy (non-hydrogen) atoms. The van der Waals surface area contributed by atoms with E-state index in [0.717, 1.165) is 51.5 Å². The van der Waals surface area contributed by atoms with Gasteiger partial charge in [0, 0.05) is 48.3 Å². The molecule has 0 unspecified atom stereocenters. The predicted octanol–water partition coefficient (Wildman–Crippen LogP) is 6.04. The Bertz CT molecular complexity index is 2330. The van der Waals surface area contributed by atoms with Crippen LogP contribution in [0.25, 0.3) is 35.2 Å². The molecule has 4 aromatic heterocycles. The van der Waals surface area contributed by atoms with Gasteiger partial charge >= 0.3 is 12.1 Å². The number of carbonyl (C=O) groups is 2. The molecule has 2 aromatic carbocycles. The van der Waals surface area contributed by atoms with Crippen molar-refractivity contribution in [1.82, 2.24) is 54.9 Å². The van der Waals surface area contributed by atoms with E-state index in [4.69, 9.17) is 34.0 Å². The largest absolute Gasteiger partial charge is 0.478 e. The minimum absolute atomic E-state index is 0.0826. The number of nitrogens with zero attached hydrogens (tertiary/aromatic N) is 10. The monoisotopic (exact) mass is 809 g/mol. The van der Waals surface area contributed by atoms with Crippen LogP contribution in [-0.4, -0.2) is 66.4 Å². The number of rotatable bonds is 9. The van der Waals surface area contributed by atoms with Crippen molar-refractivity contribution in [2.75, 3.05) is 5.43 Å². The zero-order valence-electron chi connectivity index (χ0n) is 29.6. The number of hydrogen-bond acceptors (Lipinski definition) is 12. The van der Waals surface area contributed by atoms with Gasteiger partial charge in [-0.25, -0.2) is 44.1 Å². The first-order valence-corrected chi connectivity index (χ1v) is 16.7. The Morgan fingerprint density at radius 2 is 1.29 bits per heavy atom. The molecule has 290 valence electrons. The van der Waals surface area contributed by atoms with Crippen molar-refractivity contribution in [2.24, 2.45) is 5.73 Å². The number of alkyl halides is 3. The van der Waals surface area contributed by atoms with E-state index in [0.29, 0.717) is 28.9 Å². The number of amides is 1. The second-order valence-corrected chi connectivity index (χ2v) is 12.2. The lowest BCUT2D eigenvalue weighted by atomic mass is 10.1. The predicted molar refractivity (Wildman–Crippen MR) is 202 cm³/mol. The Labute approximate surface area is 327 Å². The second kappa shape index (κ2) is 19.7. The van der Waals surface area contributed by atoms with Crippen LogP contribution in [0.1, 0.15) is 27.9 Å². The number of anilines is 1. The first kappa shape index (κ1) is 42.2. The first-order chi connectivity index (χ1) is 26.6. The number of aliphatic carboxylic acids is 1. The maximum Gasteiger partial charge on any atom is 0.416 e. The lowest BCUT2D eigenvalue weighted by Gasteiger charge is -2.09. The number of aromatic nitrogens is 10. The van der Waals surface area contributed by atoms with Crippen molar-refractivity contribution in [3.05, 3.63) is 124 Å². The van der Waals surface area contributed by atoms with Gasteiger partial charge in [-0.05, 0) is 62.7 Å². The quantitative estimate of drug-likeness (QED) is 0.0746. The zero-order chi connectivity index (χ0) is 40.8. The highest BCUT2D eigenvalue weighted by atomic mass is 35.5. The number of aryl methyl sites for hydroxylation is 3. The maximum absolute atomic E-state index is 12.8. The zero-order valence-corrected chi connectivity index (χ0v) is 31.2. The number of hydrazine groups is 1. The average molecular weight is 811 g/mol. The molecule has 0 saturated heterocycles. The van der Waals surface area contributed by atoms with Gasteiger partial charge in [0.25, 0.3) is 5.91 Å². The molecular weight excluding hydrogens is 778 g/mol. The molecule has 0 bridgehead atoms. The molecule has 4 heterocycles. The summed E-state index contributed by atoms with van der Waals surface area (Å²) in [5, 5.41) is 17.4. The van der Waals surface area contributed by atoms with E-state index < -0.39 is 17.7 Å². The Morgan fingerprint density at radius 1 is 0.750 bits per heavy atom. The lowest BCUT2D eigenvalue weighted by molar-refractivity contribution is -0.137. The van der Waals surface area contributed by atoms with E-state index in [1.165, 1.54) is 54.4 Å². The molecule has 0 fully saturated rings. The Balaban J connectivity index is 0.000000207. The number of benzene rings is 2. The topological polar surface area (TPSA) is 217 Å². The molecule has 0 aliphatic rings. The van der Waals surface area contributed by atoms with Crippen molar-refractivity contribution in [3.63, 3.8) is 0 Å². The summed E-state index contributed by atoms with van der Waals surface area (Å²) in [5.41, 5.74) is 14.2. The van der Waals surface area contributed by atoms with Gasteiger partial charge < -0.3 is 10.8 Å². The van der Waals surface area contributed by atoms with Gasteiger partial charge in [-0.1, -0.05) is 40.4 Å². The molecule has 21 heteroatoms. The normalized spacial score (nSPS) is 11.1. The van der Waals surface area contributed by atoms with Crippen LogP contribution in [0.4, 0.5) is 19.0 Å². The van der Waals surface area contributed by atoms with Gasteiger partial charge in [-0.2, -0.15) is 13.2 Å². The molecule has 6 aromatic rings. The highest BCUT2D eigenvalue weighted by Gasteiger charge is 2.31. The SMILES string of the molecule is Cc1cc(-c2ncn(/C=C\C(=O)O)n2)cc(C(F)(F)F)c1.Cc1cc(C)cc(-c2ncn(/C=C\C(=O)NNc3cc(Cl)ncn3)n2)c1.NCc1cc(Cl)ncn1. The van der Waals surface area contributed by atoms with Gasteiger partial charge in [0.2, 0.25) is 0 Å². The maximum atomic E-state index is 12.8. The summed E-state index contributed by atoms with van der Waals surface area (Å²) in [6, 6.07) is 12.7. The minimum Gasteiger partial charge on any atom is -0.478 e. The van der Waals surface area contributed by atoms with Crippen LogP contribution in [0.15, 0.2) is 86.0 Å². The van der Waals surface area contributed by atoms with Gasteiger partial charge in [0.1, 0.15) is 41.4 Å². The number of nitrogens with one attached hydrogen (secondary N) is 2. The highest BCUT2D eigenvalue weighted by molar-refractivity contribution is 6.29. The van der Waals surface area contributed by atoms with Crippen LogP contribution in [0.3, 0.4) is 0 Å². The number of carbonyl (C=O) groups excluding carboxylic acids is 1. The summed E-state index contributed by atoms with van der Waals surface area (Å²) in [4.78, 5) is 45.5. The summed E-state index contributed by atoms with van der Waals surface area (Å²) < 4.78 is 40.8. The average Bonchev–Trinajstić information content (AvgIpc) is 3.83. The van der Waals surface area contributed by atoms with Crippen molar-refractivity contribution >= 4 is 53.3 Å². The van der Waals surface area contributed by atoms with E-state index in [1.54, 1.807) is 13.0 Å². The summed E-state index contributed by atoms with van der Waals surface area (Å²) in [7, 11) is 0. The fraction of sp³-hybridized carbons (Fsp3) is 0.143. The smallest absolute Gasteiger partial charge is 0.416 e. The molecule has 0 saturated carbocycles. The molecule has 5 N–H and O–H groups in total. The Morgan fingerprint density at radius 3 is 1.80 bits per heavy atom. The molecular formula is C35H32Cl2F3N13O3. The molecule has 6 rings (SSSR count). The molecule has 16 nitrogen and oxygen atoms in total. The third kappa shape index (κ3) is 13.7. The summed E-state index contributed by atoms with van der Waals surface area (Å²) >= 11 is 11.3. The van der Waals surface area contributed by atoms with E-state index in [-0.39, 0.29) is 22.4 Å². The van der Waals surface area contributed by atoms with Crippen LogP contribution >= 0.6 is 23.2 Å². The number of carboxylic acid groups (broad SMARTS) is 1. The molecule has 0 atom stereocenters. The summed E-state index contributed by atoms with van der Waals surface area (Å²) in [5.74, 6) is -0.496. The van der Waals surface area contributed by atoms with Gasteiger partial charge in [0.15, 0.2) is 11.6 Å². The first-order valence-electron chi connectivity index (χ1n) is 16.0. The van der Waals surface area contributed by atoms with Crippen molar-refractivity contribution < 1.29 is 27.9 Å². The van der Waals surface area contributed by atoms with E-state index in [1.807, 2.05) is 26.0 Å². The second-order valence-electron chi connectivity index (χ2n) is 11.4. The third-order valence-electron chi connectivity index (χ3n) is 6.76. The van der Waals surface area contributed by atoms with Crippen LogP contribution in [0.5, 0.6) is 0 Å². The van der Waals surface area contributed by atoms with E-state index in [2.05, 4.69) is 57.0 Å². The molecule has 0 aliphatic carbocycles. The Hall–Kier alpha value is -6.57. The van der Waals surface area contributed by atoms with Crippen molar-refractivity contribution in [2.45, 2.75) is 33.5 Å². The van der Waals surface area contributed by atoms with E-state index >= 15 is 0 Å². The van der Waals surface area contributed by atoms with Gasteiger partial charge in [0.05, 0.1) is 11.3 Å². The van der Waals surface area contributed by atoms with Crippen LogP contribution in [0, 0.1) is 20.8 Å². The molecule has 0 spiro atoms. The van der Waals surface area contributed by atoms with Crippen LogP contribution < -0.4 is 16.6 Å². The molecule has 0 radical (unpaired) electrons. The number of hydrogen-bond donors (Lipinski definition) is 4. The Kier molecular flexibility index (Phi) is 14.8. The molecule has 1 amide bonds. The van der Waals surface area contributed by atoms with Gasteiger partial charge in [-0.15, -0.1) is 10.2 Å². The van der Waals surface area contributed by atoms with Gasteiger partial charge in [-0.3, -0.25) is 15.6 Å². The number of nitrogens with two attached hydrogens (primary N) is 1. The number of halogens is 5. The highest BCUT2D eigenvalue weighted by Crippen LogP contribution is 2.32.